The topological polar surface area (TPSA) is 49.4 Å². The van der Waals surface area contributed by atoms with Gasteiger partial charge in [-0.2, -0.15) is 4.31 Å². The van der Waals surface area contributed by atoms with E-state index in [0.29, 0.717) is 15.9 Å². The predicted octanol–water partition coefficient (Wildman–Crippen LogP) is 2.19. The zero-order chi connectivity index (χ0) is 13.3. The number of halogens is 2. The summed E-state index contributed by atoms with van der Waals surface area (Å²) in [7, 11) is -1.80. The van der Waals surface area contributed by atoms with Crippen LogP contribution in [0.3, 0.4) is 0 Å². The minimum atomic E-state index is -3.44. The van der Waals surface area contributed by atoms with Gasteiger partial charge >= 0.3 is 0 Å². The van der Waals surface area contributed by atoms with Gasteiger partial charge in [-0.3, -0.25) is 0 Å². The molecule has 1 aliphatic heterocycles. The summed E-state index contributed by atoms with van der Waals surface area (Å²) in [6.07, 6.45) is 0.851. The molecule has 1 aromatic rings. The Labute approximate surface area is 124 Å². The molecule has 0 radical (unpaired) electrons. The minimum Gasteiger partial charge on any atom is -0.315 e. The maximum atomic E-state index is 12.5. The summed E-state index contributed by atoms with van der Waals surface area (Å²) >= 11 is 6.63. The van der Waals surface area contributed by atoms with Crippen molar-refractivity contribution in [2.24, 2.45) is 0 Å². The molecule has 100 valence electrons. The third kappa shape index (κ3) is 2.80. The number of hydrogen-bond acceptors (Lipinski definition) is 3. The van der Waals surface area contributed by atoms with Crippen LogP contribution in [0, 0.1) is 0 Å². The molecule has 1 saturated heterocycles. The lowest BCUT2D eigenvalue weighted by atomic mass is 10.3. The summed E-state index contributed by atoms with van der Waals surface area (Å²) in [4.78, 5) is 0.306. The maximum Gasteiger partial charge on any atom is 0.244 e. The Morgan fingerprint density at radius 1 is 1.39 bits per heavy atom. The van der Waals surface area contributed by atoms with Crippen molar-refractivity contribution >= 4 is 41.9 Å². The molecular formula is C11H14Br2N2O2S. The van der Waals surface area contributed by atoms with E-state index in [4.69, 9.17) is 0 Å². The summed E-state index contributed by atoms with van der Waals surface area (Å²) in [6.45, 7) is 1.58. The van der Waals surface area contributed by atoms with Crippen LogP contribution in [0.25, 0.3) is 0 Å². The lowest BCUT2D eigenvalue weighted by molar-refractivity contribution is 0.387. The highest BCUT2D eigenvalue weighted by Gasteiger charge is 2.31. The Morgan fingerprint density at radius 3 is 2.67 bits per heavy atom. The molecule has 7 heteroatoms. The summed E-state index contributed by atoms with van der Waals surface area (Å²) in [5.74, 6) is 0. The van der Waals surface area contributed by atoms with Gasteiger partial charge in [0.05, 0.1) is 4.90 Å². The fourth-order valence-corrected chi connectivity index (χ4v) is 5.07. The molecule has 0 saturated carbocycles. The van der Waals surface area contributed by atoms with Gasteiger partial charge < -0.3 is 5.32 Å². The standard InChI is InChI=1S/C11H14Br2N2O2S/c1-15(9-4-5-14-7-9)18(16,17)11-3-2-8(12)6-10(11)13/h2-3,6,9,14H,4-5,7H2,1H3. The predicted molar refractivity (Wildman–Crippen MR) is 78.1 cm³/mol. The molecule has 0 aliphatic carbocycles. The zero-order valence-corrected chi connectivity index (χ0v) is 13.8. The molecule has 0 amide bonds. The number of hydrogen-bond donors (Lipinski definition) is 1. The third-order valence-corrected chi connectivity index (χ3v) is 6.48. The smallest absolute Gasteiger partial charge is 0.244 e. The van der Waals surface area contributed by atoms with Gasteiger partial charge in [0.2, 0.25) is 10.0 Å². The summed E-state index contributed by atoms with van der Waals surface area (Å²) < 4.78 is 27.9. The monoisotopic (exact) mass is 396 g/mol. The second-order valence-corrected chi connectivity index (χ2v) is 7.98. The molecule has 1 atom stereocenters. The number of likely N-dealkylation sites (N-methyl/N-ethyl adjacent to an activating group) is 1. The van der Waals surface area contributed by atoms with Gasteiger partial charge in [-0.05, 0) is 47.1 Å². The van der Waals surface area contributed by atoms with Crippen molar-refractivity contribution in [3.8, 4) is 0 Å². The van der Waals surface area contributed by atoms with E-state index in [1.807, 2.05) is 0 Å². The van der Waals surface area contributed by atoms with Crippen LogP contribution >= 0.6 is 31.9 Å². The lowest BCUT2D eigenvalue weighted by Crippen LogP contribution is -2.38. The Hall–Kier alpha value is 0.0500. The maximum absolute atomic E-state index is 12.5. The molecule has 1 heterocycles. The molecule has 0 bridgehead atoms. The van der Waals surface area contributed by atoms with Crippen molar-refractivity contribution in [3.05, 3.63) is 27.1 Å². The fraction of sp³-hybridized carbons (Fsp3) is 0.455. The Kier molecular flexibility index (Phi) is 4.48. The summed E-state index contributed by atoms with van der Waals surface area (Å²) in [5.41, 5.74) is 0. The first-order valence-electron chi connectivity index (χ1n) is 5.57. The number of rotatable bonds is 3. The van der Waals surface area contributed by atoms with E-state index >= 15 is 0 Å². The van der Waals surface area contributed by atoms with Crippen LogP contribution in [0.1, 0.15) is 6.42 Å². The number of nitrogens with one attached hydrogen (secondary N) is 1. The SMILES string of the molecule is CN(C1CCNC1)S(=O)(=O)c1ccc(Br)cc1Br. The van der Waals surface area contributed by atoms with Crippen molar-refractivity contribution in [3.63, 3.8) is 0 Å². The number of sulfonamides is 1. The molecule has 1 aromatic carbocycles. The van der Waals surface area contributed by atoms with E-state index in [1.165, 1.54) is 4.31 Å². The number of nitrogens with zero attached hydrogens (tertiary/aromatic N) is 1. The second kappa shape index (κ2) is 5.58. The van der Waals surface area contributed by atoms with Gasteiger partial charge in [0, 0.05) is 28.6 Å². The van der Waals surface area contributed by atoms with E-state index in [0.717, 1.165) is 17.4 Å². The van der Waals surface area contributed by atoms with Crippen LogP contribution in [0.5, 0.6) is 0 Å². The van der Waals surface area contributed by atoms with Gasteiger partial charge in [-0.25, -0.2) is 8.42 Å². The molecule has 1 aliphatic rings. The van der Waals surface area contributed by atoms with Gasteiger partial charge in [0.25, 0.3) is 0 Å². The molecule has 1 unspecified atom stereocenters. The first-order valence-corrected chi connectivity index (χ1v) is 8.59. The highest BCUT2D eigenvalue weighted by Crippen LogP contribution is 2.29. The quantitative estimate of drug-likeness (QED) is 0.850. The zero-order valence-electron chi connectivity index (χ0n) is 9.86. The van der Waals surface area contributed by atoms with Crippen molar-refractivity contribution in [1.29, 1.82) is 0 Å². The normalized spacial score (nSPS) is 20.6. The third-order valence-electron chi connectivity index (χ3n) is 3.10. The van der Waals surface area contributed by atoms with E-state index in [9.17, 15) is 8.42 Å². The molecule has 0 spiro atoms. The number of benzene rings is 1. The van der Waals surface area contributed by atoms with Crippen molar-refractivity contribution < 1.29 is 8.42 Å². The summed E-state index contributed by atoms with van der Waals surface area (Å²) in [6, 6.07) is 5.12. The largest absolute Gasteiger partial charge is 0.315 e. The summed E-state index contributed by atoms with van der Waals surface area (Å²) in [5, 5.41) is 3.18. The Bertz CT molecular complexity index is 542. The van der Waals surface area contributed by atoms with Crippen LogP contribution in [0.2, 0.25) is 0 Å². The molecule has 1 N–H and O–H groups in total. The Morgan fingerprint density at radius 2 is 2.11 bits per heavy atom. The minimum absolute atomic E-state index is 0.0329. The highest BCUT2D eigenvalue weighted by molar-refractivity contribution is 9.11. The van der Waals surface area contributed by atoms with Gasteiger partial charge in [0.1, 0.15) is 0 Å². The highest BCUT2D eigenvalue weighted by atomic mass is 79.9. The van der Waals surface area contributed by atoms with Crippen molar-refractivity contribution in [1.82, 2.24) is 9.62 Å². The molecule has 4 nitrogen and oxygen atoms in total. The van der Waals surface area contributed by atoms with E-state index in [1.54, 1.807) is 25.2 Å². The van der Waals surface area contributed by atoms with Crippen LogP contribution in [0.15, 0.2) is 32.0 Å². The van der Waals surface area contributed by atoms with Gasteiger partial charge in [-0.15, -0.1) is 0 Å². The van der Waals surface area contributed by atoms with E-state index in [-0.39, 0.29) is 6.04 Å². The van der Waals surface area contributed by atoms with E-state index < -0.39 is 10.0 Å². The first kappa shape index (κ1) is 14.5. The molecular weight excluding hydrogens is 384 g/mol. The molecule has 18 heavy (non-hydrogen) atoms. The second-order valence-electron chi connectivity index (χ2n) is 4.24. The lowest BCUT2D eigenvalue weighted by Gasteiger charge is -2.23. The average Bonchev–Trinajstić information content (AvgIpc) is 2.80. The molecule has 2 rings (SSSR count). The van der Waals surface area contributed by atoms with Crippen LogP contribution < -0.4 is 5.32 Å². The van der Waals surface area contributed by atoms with Gasteiger partial charge in [0.15, 0.2) is 0 Å². The van der Waals surface area contributed by atoms with Gasteiger partial charge in [-0.1, -0.05) is 15.9 Å². The Balaban J connectivity index is 2.35. The first-order chi connectivity index (χ1) is 8.43. The average molecular weight is 398 g/mol. The van der Waals surface area contributed by atoms with E-state index in [2.05, 4.69) is 37.2 Å². The van der Waals surface area contributed by atoms with Crippen molar-refractivity contribution in [2.45, 2.75) is 17.4 Å². The molecule has 1 fully saturated rings. The van der Waals surface area contributed by atoms with Crippen LogP contribution in [0.4, 0.5) is 0 Å². The van der Waals surface area contributed by atoms with Crippen LogP contribution in [-0.4, -0.2) is 38.9 Å². The van der Waals surface area contributed by atoms with Crippen LogP contribution in [-0.2, 0) is 10.0 Å². The van der Waals surface area contributed by atoms with Crippen molar-refractivity contribution in [2.75, 3.05) is 20.1 Å². The fourth-order valence-electron chi connectivity index (χ4n) is 1.99. The molecule has 0 aromatic heterocycles.